The van der Waals surface area contributed by atoms with Crippen molar-refractivity contribution in [2.45, 2.75) is 48.8 Å². The average Bonchev–Trinajstić information content (AvgIpc) is 3.31. The molecule has 0 aliphatic carbocycles. The van der Waals surface area contributed by atoms with Crippen LogP contribution in [0.1, 0.15) is 52.6 Å². The zero-order valence-corrected chi connectivity index (χ0v) is 28.3. The number of hydrogen-bond acceptors (Lipinski definition) is 5. The van der Waals surface area contributed by atoms with Gasteiger partial charge in [0.25, 0.3) is 20.1 Å². The third kappa shape index (κ3) is 4.90. The molecule has 0 radical (unpaired) electrons. The van der Waals surface area contributed by atoms with E-state index in [1.165, 1.54) is 15.3 Å². The van der Waals surface area contributed by atoms with E-state index in [9.17, 15) is 9.59 Å². The minimum atomic E-state index is -2.75. The van der Waals surface area contributed by atoms with E-state index in [0.29, 0.717) is 17.7 Å². The molecule has 5 nitrogen and oxygen atoms in total. The van der Waals surface area contributed by atoms with Crippen molar-refractivity contribution in [2.75, 3.05) is 11.9 Å². The zero-order valence-electron chi connectivity index (χ0n) is 26.5. The van der Waals surface area contributed by atoms with Gasteiger partial charge >= 0.3 is 0 Å². The number of carbonyl (C=O) groups excluding carboxylic acids is 2. The van der Waals surface area contributed by atoms with Gasteiger partial charge in [0.1, 0.15) is 0 Å². The summed E-state index contributed by atoms with van der Waals surface area (Å²) in [6.07, 6.45) is 0. The number of hydrogen-bond donors (Lipinski definition) is 0. The van der Waals surface area contributed by atoms with Crippen molar-refractivity contribution in [1.82, 2.24) is 4.90 Å². The van der Waals surface area contributed by atoms with E-state index >= 15 is 0 Å². The molecule has 2 aliphatic rings. The Morgan fingerprint density at radius 2 is 1.11 bits per heavy atom. The quantitative estimate of drug-likeness (QED) is 0.134. The Balaban J connectivity index is 1.25. The number of nitrogens with zero attached hydrogens (tertiary/aromatic N) is 2. The summed E-state index contributed by atoms with van der Waals surface area (Å²) in [7, 11) is -0.673. The molecule has 0 aromatic heterocycles. The van der Waals surface area contributed by atoms with Gasteiger partial charge < -0.3 is 9.33 Å². The minimum Gasteiger partial charge on any atom is -0.403 e. The van der Waals surface area contributed by atoms with Gasteiger partial charge in [-0.25, -0.2) is 0 Å². The fourth-order valence-corrected chi connectivity index (χ4v) is 12.7. The van der Waals surface area contributed by atoms with Crippen LogP contribution >= 0.6 is 11.8 Å². The molecule has 2 amide bonds. The van der Waals surface area contributed by atoms with Crippen LogP contribution in [0, 0.1) is 0 Å². The largest absolute Gasteiger partial charge is 0.403 e. The van der Waals surface area contributed by atoms with Crippen LogP contribution in [0.3, 0.4) is 0 Å². The summed E-state index contributed by atoms with van der Waals surface area (Å²) in [5, 5.41) is 2.36. The highest BCUT2D eigenvalue weighted by atomic mass is 32.2. The molecule has 5 aromatic rings. The Morgan fingerprint density at radius 3 is 1.63 bits per heavy atom. The fourth-order valence-electron chi connectivity index (χ4n) is 6.88. The number of carbonyl (C=O) groups is 2. The van der Waals surface area contributed by atoms with Crippen LogP contribution in [0.25, 0.3) is 0 Å². The molecule has 5 aromatic carbocycles. The molecule has 7 rings (SSSR count). The molecular weight excluding hydrogens is 605 g/mol. The Kier molecular flexibility index (Phi) is 7.71. The molecule has 2 aliphatic heterocycles. The normalized spacial score (nSPS) is 14.3. The fraction of sp³-hybridized carbons (Fsp3) is 0.179. The van der Waals surface area contributed by atoms with E-state index in [1.807, 2.05) is 12.1 Å². The van der Waals surface area contributed by atoms with Crippen molar-refractivity contribution in [3.05, 3.63) is 144 Å². The molecule has 0 fully saturated rings. The summed E-state index contributed by atoms with van der Waals surface area (Å²) in [6.45, 7) is 7.55. The summed E-state index contributed by atoms with van der Waals surface area (Å²) in [5.41, 5.74) is 5.15. The maximum absolute atomic E-state index is 13.3. The van der Waals surface area contributed by atoms with Gasteiger partial charge in [0.15, 0.2) is 0 Å². The predicted molar refractivity (Wildman–Crippen MR) is 188 cm³/mol. The van der Waals surface area contributed by atoms with Crippen LogP contribution in [0.4, 0.5) is 11.4 Å². The number of fused-ring (bicyclic) bond motifs is 3. The van der Waals surface area contributed by atoms with Crippen LogP contribution in [0.2, 0.25) is 5.04 Å². The standard InChI is InChI=1S/C39H36N2O3SSi/c1-39(2,3)46(29-17-7-5-8-18-29,30-19-9-6-10-20-30)44-26-28-16-14-24-34-36(28)45-35-27(15-13-23-33(35)40(34)4)25-41-37(42)31-21-11-12-22-32(31)38(41)43/h5-24H,25-26H2,1-4H3. The first kappa shape index (κ1) is 30.2. The Bertz CT molecular complexity index is 1880. The van der Waals surface area contributed by atoms with Crippen molar-refractivity contribution in [1.29, 1.82) is 0 Å². The molecule has 0 bridgehead atoms. The second-order valence-corrected chi connectivity index (χ2v) is 18.2. The summed E-state index contributed by atoms with van der Waals surface area (Å²) < 4.78 is 7.35. The molecule has 0 atom stereocenters. The van der Waals surface area contributed by atoms with E-state index in [4.69, 9.17) is 4.43 Å². The topological polar surface area (TPSA) is 49.9 Å². The molecule has 0 N–H and O–H groups in total. The van der Waals surface area contributed by atoms with Crippen LogP contribution in [0.15, 0.2) is 131 Å². The molecule has 0 saturated carbocycles. The van der Waals surface area contributed by atoms with Crippen molar-refractivity contribution in [2.24, 2.45) is 0 Å². The Labute approximate surface area is 276 Å². The van der Waals surface area contributed by atoms with Crippen LogP contribution in [-0.4, -0.2) is 32.1 Å². The van der Waals surface area contributed by atoms with E-state index < -0.39 is 8.32 Å². The summed E-state index contributed by atoms with van der Waals surface area (Å²) in [4.78, 5) is 32.3. The van der Waals surface area contributed by atoms with Gasteiger partial charge in [0, 0.05) is 16.8 Å². The molecule has 0 unspecified atom stereocenters. The van der Waals surface area contributed by atoms with E-state index in [2.05, 4.69) is 118 Å². The Morgan fingerprint density at radius 1 is 0.630 bits per heavy atom. The van der Waals surface area contributed by atoms with E-state index in [-0.39, 0.29) is 23.4 Å². The Hall–Kier alpha value is -4.43. The molecule has 0 saturated heterocycles. The van der Waals surface area contributed by atoms with Gasteiger partial charge in [-0.3, -0.25) is 14.5 Å². The smallest absolute Gasteiger partial charge is 0.261 e. The van der Waals surface area contributed by atoms with Gasteiger partial charge in [-0.2, -0.15) is 0 Å². The van der Waals surface area contributed by atoms with Crippen LogP contribution in [0.5, 0.6) is 0 Å². The molecule has 2 heterocycles. The van der Waals surface area contributed by atoms with Crippen molar-refractivity contribution < 1.29 is 14.0 Å². The van der Waals surface area contributed by atoms with Crippen molar-refractivity contribution >= 4 is 53.6 Å². The van der Waals surface area contributed by atoms with Gasteiger partial charge in [0.05, 0.1) is 35.7 Å². The van der Waals surface area contributed by atoms with Crippen LogP contribution in [-0.2, 0) is 17.6 Å². The summed E-state index contributed by atoms with van der Waals surface area (Å²) >= 11 is 1.70. The molecule has 7 heteroatoms. The molecular formula is C39H36N2O3SSi. The second kappa shape index (κ2) is 11.7. The van der Waals surface area contributed by atoms with Crippen molar-refractivity contribution in [3.63, 3.8) is 0 Å². The monoisotopic (exact) mass is 640 g/mol. The van der Waals surface area contributed by atoms with Gasteiger partial charge in [0.2, 0.25) is 0 Å². The highest BCUT2D eigenvalue weighted by Crippen LogP contribution is 2.51. The number of rotatable bonds is 7. The highest BCUT2D eigenvalue weighted by Gasteiger charge is 2.50. The minimum absolute atomic E-state index is 0.138. The second-order valence-electron chi connectivity index (χ2n) is 12.9. The number of anilines is 2. The third-order valence-corrected chi connectivity index (χ3v) is 15.5. The SMILES string of the molecule is CN1c2cccc(CO[Si](c3ccccc3)(c3ccccc3)C(C)(C)C)c2Sc2c(CN3C(=O)c4ccccc4C3=O)cccc21. The average molecular weight is 641 g/mol. The zero-order chi connectivity index (χ0) is 32.1. The van der Waals surface area contributed by atoms with E-state index in [0.717, 1.165) is 32.3 Å². The molecule has 0 spiro atoms. The lowest BCUT2D eigenvalue weighted by molar-refractivity contribution is 0.0641. The highest BCUT2D eigenvalue weighted by molar-refractivity contribution is 7.99. The van der Waals surface area contributed by atoms with Gasteiger partial charge in [-0.05, 0) is 50.8 Å². The first-order chi connectivity index (χ1) is 22.2. The third-order valence-electron chi connectivity index (χ3n) is 9.15. The first-order valence-electron chi connectivity index (χ1n) is 15.6. The first-order valence-corrected chi connectivity index (χ1v) is 18.3. The lowest BCUT2D eigenvalue weighted by Crippen LogP contribution is -2.66. The predicted octanol–water partition coefficient (Wildman–Crippen LogP) is 7.79. The van der Waals surface area contributed by atoms with Gasteiger partial charge in [-0.15, -0.1) is 0 Å². The van der Waals surface area contributed by atoms with Crippen molar-refractivity contribution in [3.8, 4) is 0 Å². The number of imide groups is 1. The molecule has 230 valence electrons. The van der Waals surface area contributed by atoms with Crippen LogP contribution < -0.4 is 15.3 Å². The van der Waals surface area contributed by atoms with E-state index in [1.54, 1.807) is 36.0 Å². The van der Waals surface area contributed by atoms with Gasteiger partial charge in [-0.1, -0.05) is 130 Å². The number of amides is 2. The maximum Gasteiger partial charge on any atom is 0.261 e. The lowest BCUT2D eigenvalue weighted by atomic mass is 10.1. The lowest BCUT2D eigenvalue weighted by Gasteiger charge is -2.43. The maximum atomic E-state index is 13.3. The summed E-state index contributed by atoms with van der Waals surface area (Å²) in [5.74, 6) is -0.487. The summed E-state index contributed by atoms with van der Waals surface area (Å²) in [6, 6.07) is 41.0. The molecule has 46 heavy (non-hydrogen) atoms. The number of benzene rings is 5.